The van der Waals surface area contributed by atoms with Gasteiger partial charge in [-0.2, -0.15) is 0 Å². The van der Waals surface area contributed by atoms with Gasteiger partial charge < -0.3 is 20.1 Å². The molecule has 0 saturated carbocycles. The first-order chi connectivity index (χ1) is 17.0. The van der Waals surface area contributed by atoms with Gasteiger partial charge >= 0.3 is 0 Å². The maximum absolute atomic E-state index is 12.2. The summed E-state index contributed by atoms with van der Waals surface area (Å²) in [5.74, 6) is 0.904. The van der Waals surface area contributed by atoms with E-state index in [1.165, 1.54) is 5.01 Å². The molecule has 3 heterocycles. The molecule has 0 unspecified atom stereocenters. The molecule has 2 N–H and O–H groups in total. The third-order valence-corrected chi connectivity index (χ3v) is 7.34. The van der Waals surface area contributed by atoms with Crippen LogP contribution in [0.3, 0.4) is 0 Å². The van der Waals surface area contributed by atoms with Crippen molar-refractivity contribution in [2.75, 3.05) is 50.8 Å². The molecule has 0 spiro atoms. The van der Waals surface area contributed by atoms with Crippen LogP contribution in [0.5, 0.6) is 5.75 Å². The normalized spacial score (nSPS) is 14.9. The van der Waals surface area contributed by atoms with E-state index in [1.807, 2.05) is 13.0 Å². The van der Waals surface area contributed by atoms with Gasteiger partial charge in [0.05, 0.1) is 22.8 Å². The van der Waals surface area contributed by atoms with Crippen LogP contribution in [0, 0.1) is 6.92 Å². The fourth-order valence-electron chi connectivity index (χ4n) is 4.43. The highest BCUT2D eigenvalue weighted by Crippen LogP contribution is 2.39. The Bertz CT molecular complexity index is 1150. The van der Waals surface area contributed by atoms with E-state index in [2.05, 4.69) is 46.5 Å². The molecule has 35 heavy (non-hydrogen) atoms. The lowest BCUT2D eigenvalue weighted by Gasteiger charge is -2.27. The Morgan fingerprint density at radius 3 is 2.91 bits per heavy atom. The number of aromatic nitrogens is 2. The van der Waals surface area contributed by atoms with Gasteiger partial charge in [0, 0.05) is 62.1 Å². The number of carbonyl (C=O) groups is 1. The Morgan fingerprint density at radius 2 is 2.14 bits per heavy atom. The summed E-state index contributed by atoms with van der Waals surface area (Å²) in [6, 6.07) is 6.07. The molecule has 1 amide bonds. The third-order valence-electron chi connectivity index (χ3n) is 6.14. The van der Waals surface area contributed by atoms with E-state index in [0.717, 1.165) is 67.0 Å². The van der Waals surface area contributed by atoms with Crippen LogP contribution < -0.4 is 15.0 Å². The molecular formula is C26H35N5O3S. The molecule has 188 valence electrons. The highest BCUT2D eigenvalue weighted by Gasteiger charge is 2.24. The van der Waals surface area contributed by atoms with E-state index in [-0.39, 0.29) is 25.7 Å². The first-order valence-corrected chi connectivity index (χ1v) is 13.1. The number of nitrogens with zero attached hydrogens (tertiary/aromatic N) is 4. The highest BCUT2D eigenvalue weighted by atomic mass is 32.1. The fraction of sp³-hybridized carbons (Fsp3) is 0.500. The minimum Gasteiger partial charge on any atom is -0.481 e. The maximum atomic E-state index is 12.2. The predicted molar refractivity (Wildman–Crippen MR) is 140 cm³/mol. The average Bonchev–Trinajstić information content (AvgIpc) is 3.20. The summed E-state index contributed by atoms with van der Waals surface area (Å²) >= 11 is 1.75. The Morgan fingerprint density at radius 1 is 1.29 bits per heavy atom. The Hall–Kier alpha value is -2.75. The molecule has 3 aromatic rings. The van der Waals surface area contributed by atoms with Crippen molar-refractivity contribution in [3.63, 3.8) is 0 Å². The summed E-state index contributed by atoms with van der Waals surface area (Å²) < 4.78 is 6.08. The molecule has 1 aliphatic heterocycles. The molecule has 1 saturated heterocycles. The second-order valence-corrected chi connectivity index (χ2v) is 10.1. The van der Waals surface area contributed by atoms with Crippen LogP contribution >= 0.6 is 11.3 Å². The monoisotopic (exact) mass is 497 g/mol. The number of aliphatic hydroxyl groups is 1. The molecule has 0 radical (unpaired) electrons. The number of carbonyl (C=O) groups excluding carboxylic acids is 1. The minimum atomic E-state index is -0.253. The summed E-state index contributed by atoms with van der Waals surface area (Å²) in [5.41, 5.74) is 3.96. The summed E-state index contributed by atoms with van der Waals surface area (Å²) in [7, 11) is 0. The van der Waals surface area contributed by atoms with Crippen LogP contribution in [0.1, 0.15) is 42.5 Å². The van der Waals surface area contributed by atoms with Gasteiger partial charge in [-0.05, 0) is 31.0 Å². The van der Waals surface area contributed by atoms with E-state index in [9.17, 15) is 4.79 Å². The fourth-order valence-corrected chi connectivity index (χ4v) is 5.25. The van der Waals surface area contributed by atoms with Crippen LogP contribution in [-0.4, -0.2) is 71.8 Å². The molecule has 1 aliphatic rings. The van der Waals surface area contributed by atoms with Crippen LogP contribution in [0.4, 0.5) is 5.69 Å². The first-order valence-electron chi connectivity index (χ1n) is 12.3. The second-order valence-electron chi connectivity index (χ2n) is 9.26. The van der Waals surface area contributed by atoms with Gasteiger partial charge in [0.2, 0.25) is 0 Å². The number of aryl methyl sites for hydroxylation is 1. The Kier molecular flexibility index (Phi) is 8.54. The van der Waals surface area contributed by atoms with Crippen molar-refractivity contribution in [1.29, 1.82) is 0 Å². The van der Waals surface area contributed by atoms with Crippen LogP contribution in [-0.2, 0) is 11.3 Å². The van der Waals surface area contributed by atoms with E-state index in [0.29, 0.717) is 11.7 Å². The number of benzene rings is 1. The lowest BCUT2D eigenvalue weighted by molar-refractivity contribution is -0.123. The van der Waals surface area contributed by atoms with Gasteiger partial charge in [-0.15, -0.1) is 11.3 Å². The molecule has 1 fully saturated rings. The van der Waals surface area contributed by atoms with Gasteiger partial charge in [0.1, 0.15) is 11.4 Å². The second kappa shape index (κ2) is 11.8. The Labute approximate surface area is 210 Å². The van der Waals surface area contributed by atoms with E-state index in [1.54, 1.807) is 17.5 Å². The van der Waals surface area contributed by atoms with Gasteiger partial charge in [0.25, 0.3) is 5.91 Å². The standard InChI is InChI=1S/C26H35N5O3S/c1-18(2)26-29-21(17-35-26)15-30-9-5-10-31(12-11-30)24-23-20(6-4-7-28-23)14-19(3)25(24)34-16-22(33)27-8-13-32/h4,6-7,14,17-18,32H,5,8-13,15-16H2,1-3H3,(H,27,33). The minimum absolute atomic E-state index is 0.0973. The van der Waals surface area contributed by atoms with Crippen LogP contribution in [0.15, 0.2) is 29.8 Å². The lowest BCUT2D eigenvalue weighted by Crippen LogP contribution is -2.33. The number of pyridine rings is 1. The van der Waals surface area contributed by atoms with Gasteiger partial charge in [-0.25, -0.2) is 4.98 Å². The van der Waals surface area contributed by atoms with Gasteiger partial charge in [0.15, 0.2) is 6.61 Å². The number of fused-ring (bicyclic) bond motifs is 1. The van der Waals surface area contributed by atoms with E-state index in [4.69, 9.17) is 19.8 Å². The number of nitrogens with one attached hydrogen (secondary N) is 1. The predicted octanol–water partition coefficient (Wildman–Crippen LogP) is 3.32. The number of thiazole rings is 1. The zero-order chi connectivity index (χ0) is 24.8. The number of anilines is 1. The van der Waals surface area contributed by atoms with Crippen LogP contribution in [0.2, 0.25) is 0 Å². The smallest absolute Gasteiger partial charge is 0.258 e. The molecule has 1 aromatic carbocycles. The number of rotatable bonds is 9. The lowest BCUT2D eigenvalue weighted by atomic mass is 10.1. The highest BCUT2D eigenvalue weighted by molar-refractivity contribution is 7.09. The number of hydrogen-bond acceptors (Lipinski definition) is 8. The molecule has 0 atom stereocenters. The Balaban J connectivity index is 1.54. The number of aliphatic hydroxyl groups excluding tert-OH is 1. The molecule has 0 aliphatic carbocycles. The van der Waals surface area contributed by atoms with Crippen molar-refractivity contribution in [3.05, 3.63) is 46.0 Å². The zero-order valence-corrected chi connectivity index (χ0v) is 21.6. The average molecular weight is 498 g/mol. The number of ether oxygens (including phenoxy) is 1. The van der Waals surface area contributed by atoms with Gasteiger partial charge in [-0.3, -0.25) is 14.7 Å². The SMILES string of the molecule is Cc1cc2cccnc2c(N2CCCN(Cc3csc(C(C)C)n3)CC2)c1OCC(=O)NCCO. The molecule has 8 nitrogen and oxygen atoms in total. The maximum Gasteiger partial charge on any atom is 0.258 e. The summed E-state index contributed by atoms with van der Waals surface area (Å²) in [6.45, 7) is 10.9. The zero-order valence-electron chi connectivity index (χ0n) is 20.8. The number of hydrogen-bond donors (Lipinski definition) is 2. The van der Waals surface area contributed by atoms with Crippen LogP contribution in [0.25, 0.3) is 10.9 Å². The van der Waals surface area contributed by atoms with Gasteiger partial charge in [-0.1, -0.05) is 19.9 Å². The first kappa shape index (κ1) is 25.3. The largest absolute Gasteiger partial charge is 0.481 e. The third kappa shape index (κ3) is 6.28. The van der Waals surface area contributed by atoms with Crippen molar-refractivity contribution < 1.29 is 14.6 Å². The molecule has 9 heteroatoms. The van der Waals surface area contributed by atoms with Crippen molar-refractivity contribution >= 4 is 33.8 Å². The van der Waals surface area contributed by atoms with Crippen molar-refractivity contribution in [2.24, 2.45) is 0 Å². The number of amides is 1. The van der Waals surface area contributed by atoms with Crippen molar-refractivity contribution in [3.8, 4) is 5.75 Å². The van der Waals surface area contributed by atoms with E-state index >= 15 is 0 Å². The topological polar surface area (TPSA) is 90.8 Å². The summed E-state index contributed by atoms with van der Waals surface area (Å²) in [5, 5.41) is 16.1. The molecule has 0 bridgehead atoms. The molecular weight excluding hydrogens is 462 g/mol. The molecule has 4 rings (SSSR count). The quantitative estimate of drug-likeness (QED) is 0.469. The summed E-state index contributed by atoms with van der Waals surface area (Å²) in [6.07, 6.45) is 2.82. The summed E-state index contributed by atoms with van der Waals surface area (Å²) in [4.78, 5) is 26.5. The van der Waals surface area contributed by atoms with E-state index < -0.39 is 0 Å². The van der Waals surface area contributed by atoms with Crippen molar-refractivity contribution in [2.45, 2.75) is 39.7 Å². The van der Waals surface area contributed by atoms with Crippen molar-refractivity contribution in [1.82, 2.24) is 20.2 Å². The molecule has 2 aromatic heterocycles.